The van der Waals surface area contributed by atoms with E-state index in [1.54, 1.807) is 34.1 Å². The zero-order chi connectivity index (χ0) is 40.5. The average molecular weight is 649 g/mol. The molecule has 0 saturated carbocycles. The fourth-order valence-corrected chi connectivity index (χ4v) is 5.99. The number of rotatable bonds is 9. The van der Waals surface area contributed by atoms with Gasteiger partial charge >= 0.3 is 0 Å². The lowest BCUT2D eigenvalue weighted by atomic mass is 9.99. The Kier molecular flexibility index (Phi) is 6.50. The summed E-state index contributed by atoms with van der Waals surface area (Å²) in [5.41, 5.74) is 5.79. The van der Waals surface area contributed by atoms with Crippen molar-refractivity contribution in [3.05, 3.63) is 218 Å². The molecule has 0 aliphatic carbocycles. The fourth-order valence-electron chi connectivity index (χ4n) is 5.99. The van der Waals surface area contributed by atoms with Gasteiger partial charge in [-0.25, -0.2) is 0 Å². The minimum Gasteiger partial charge on any atom is -0.311 e. The van der Waals surface area contributed by atoms with Gasteiger partial charge in [-0.2, -0.15) is 0 Å². The molecule has 2 heteroatoms. The molecule has 0 N–H and O–H groups in total. The first-order valence-electron chi connectivity index (χ1n) is 20.4. The fraction of sp³-hybridized carbons (Fsp3) is 0. The molecule has 8 rings (SSSR count). The van der Waals surface area contributed by atoms with Crippen LogP contribution in [0.3, 0.4) is 0 Å². The highest BCUT2D eigenvalue weighted by Gasteiger charge is 2.17. The number of benzene rings is 8. The van der Waals surface area contributed by atoms with E-state index in [-0.39, 0.29) is 70.8 Å². The third-order valence-electron chi connectivity index (χ3n) is 8.41. The van der Waals surface area contributed by atoms with Gasteiger partial charge in [0.25, 0.3) is 0 Å². The van der Waals surface area contributed by atoms with Crippen LogP contribution >= 0.6 is 0 Å². The van der Waals surface area contributed by atoms with Crippen LogP contribution in [-0.2, 0) is 0 Å². The van der Waals surface area contributed by atoms with Crippen molar-refractivity contribution < 1.29 is 11.0 Å². The molecule has 238 valence electrons. The van der Waals surface area contributed by atoms with Crippen LogP contribution in [0.25, 0.3) is 33.4 Å². The van der Waals surface area contributed by atoms with Gasteiger partial charge in [0.15, 0.2) is 0 Å². The predicted molar refractivity (Wildman–Crippen MR) is 212 cm³/mol. The first kappa shape index (κ1) is 22.8. The molecule has 2 nitrogen and oxygen atoms in total. The minimum atomic E-state index is -0.225. The van der Waals surface area contributed by atoms with E-state index in [4.69, 9.17) is 5.48 Å². The van der Waals surface area contributed by atoms with Gasteiger partial charge in [-0.3, -0.25) is 0 Å². The van der Waals surface area contributed by atoms with Crippen LogP contribution in [-0.4, -0.2) is 0 Å². The Bertz CT molecular complexity index is 2650. The number of hydrogen-bond acceptors (Lipinski definition) is 2. The molecule has 50 heavy (non-hydrogen) atoms. The monoisotopic (exact) mass is 648 g/mol. The van der Waals surface area contributed by atoms with E-state index in [0.29, 0.717) is 33.9 Å². The van der Waals surface area contributed by atoms with E-state index < -0.39 is 0 Å². The molecule has 0 saturated heterocycles. The van der Waals surface area contributed by atoms with Crippen LogP contribution < -0.4 is 9.80 Å². The summed E-state index contributed by atoms with van der Waals surface area (Å²) in [5, 5.41) is 0. The van der Waals surface area contributed by atoms with Gasteiger partial charge in [0.1, 0.15) is 0 Å². The second-order valence-electron chi connectivity index (χ2n) is 11.6. The molecular weight excluding hydrogens is 605 g/mol. The summed E-state index contributed by atoms with van der Waals surface area (Å²) in [5.74, 6) is 0. The molecule has 0 aliphatic heterocycles. The van der Waals surface area contributed by atoms with E-state index in [1.807, 2.05) is 146 Å². The van der Waals surface area contributed by atoms with E-state index in [1.165, 1.54) is 0 Å². The first-order chi connectivity index (χ1) is 28.2. The lowest BCUT2D eigenvalue weighted by Crippen LogP contribution is -2.11. The highest BCUT2D eigenvalue weighted by Crippen LogP contribution is 2.41. The highest BCUT2D eigenvalue weighted by molar-refractivity contribution is 5.88. The zero-order valence-electron chi connectivity index (χ0n) is 35.1. The molecule has 0 fully saturated rings. The van der Waals surface area contributed by atoms with Gasteiger partial charge in [0, 0.05) is 34.0 Å². The maximum Gasteiger partial charge on any atom is 0.0645 e. The SMILES string of the molecule is [2H]c1c([2H])c(N(c2ccccc2)c2ccccc2)c([2H])c([2H])c1-c1ccc(-c2c([2H])c([2H])c(N(c3ccccc3)c3ccccc3-c3ccccc3)c([2H])c2[2H])cc1. The summed E-state index contributed by atoms with van der Waals surface area (Å²) < 4.78 is 73.8. The number of anilines is 6. The third kappa shape index (κ3) is 6.43. The Balaban J connectivity index is 1.22. The number of hydrogen-bond donors (Lipinski definition) is 0. The second-order valence-corrected chi connectivity index (χ2v) is 11.6. The van der Waals surface area contributed by atoms with E-state index in [2.05, 4.69) is 0 Å². The summed E-state index contributed by atoms with van der Waals surface area (Å²) in [6, 6.07) is 50.3. The lowest BCUT2D eigenvalue weighted by Gasteiger charge is -2.28. The van der Waals surface area contributed by atoms with Gasteiger partial charge in [0.05, 0.1) is 16.7 Å². The normalized spacial score (nSPS) is 13.0. The van der Waals surface area contributed by atoms with Crippen LogP contribution in [0.2, 0.25) is 0 Å². The van der Waals surface area contributed by atoms with Crippen molar-refractivity contribution in [2.24, 2.45) is 0 Å². The Labute approximate surface area is 306 Å². The Morgan fingerprint density at radius 2 is 0.620 bits per heavy atom. The van der Waals surface area contributed by atoms with Crippen LogP contribution in [0, 0.1) is 0 Å². The lowest BCUT2D eigenvalue weighted by molar-refractivity contribution is 1.28. The molecule has 8 aromatic carbocycles. The first-order valence-corrected chi connectivity index (χ1v) is 16.4. The van der Waals surface area contributed by atoms with Gasteiger partial charge in [-0.1, -0.05) is 152 Å². The minimum absolute atomic E-state index is 0.103. The molecule has 0 heterocycles. The Morgan fingerprint density at radius 3 is 1.08 bits per heavy atom. The largest absolute Gasteiger partial charge is 0.311 e. The quantitative estimate of drug-likeness (QED) is 0.154. The van der Waals surface area contributed by atoms with Crippen molar-refractivity contribution in [2.75, 3.05) is 9.80 Å². The van der Waals surface area contributed by atoms with Gasteiger partial charge in [-0.05, 0) is 94.5 Å². The van der Waals surface area contributed by atoms with Crippen molar-refractivity contribution in [1.82, 2.24) is 0 Å². The molecule has 0 spiro atoms. The molecule has 0 unspecified atom stereocenters. The molecule has 8 aromatic rings. The molecule has 0 aromatic heterocycles. The molecule has 0 amide bonds. The van der Waals surface area contributed by atoms with Gasteiger partial charge in [0.2, 0.25) is 0 Å². The number of nitrogens with zero attached hydrogens (tertiary/aromatic N) is 2. The molecular formula is C48H36N2. The van der Waals surface area contributed by atoms with Gasteiger partial charge in [-0.15, -0.1) is 0 Å². The summed E-state index contributed by atoms with van der Waals surface area (Å²) in [7, 11) is 0. The van der Waals surface area contributed by atoms with Crippen LogP contribution in [0.1, 0.15) is 11.0 Å². The second kappa shape index (κ2) is 14.2. The van der Waals surface area contributed by atoms with Crippen molar-refractivity contribution >= 4 is 34.1 Å². The predicted octanol–water partition coefficient (Wildman–Crippen LogP) is 13.6. The van der Waals surface area contributed by atoms with Crippen LogP contribution in [0.5, 0.6) is 0 Å². The Hall–Kier alpha value is -6.64. The average Bonchev–Trinajstić information content (AvgIpc) is 3.27. The molecule has 0 aliphatic rings. The highest BCUT2D eigenvalue weighted by atomic mass is 15.1. The third-order valence-corrected chi connectivity index (χ3v) is 8.41. The standard InChI is InChI=1S/C48H36N2/c1-5-15-41(16-6-1)47-23-13-14-24-48(47)50(44-21-11-4-12-22-44)46-35-31-40(32-36-46)38-27-25-37(26-28-38)39-29-33-45(34-30-39)49(42-17-7-2-8-18-42)43-19-9-3-10-20-43/h1-36H/i29D,30D,31D,32D,33D,34D,35D,36D. The van der Waals surface area contributed by atoms with Crippen molar-refractivity contribution in [3.8, 4) is 33.4 Å². The zero-order valence-corrected chi connectivity index (χ0v) is 27.1. The summed E-state index contributed by atoms with van der Waals surface area (Å²) in [4.78, 5) is 3.50. The number of para-hydroxylation sites is 4. The van der Waals surface area contributed by atoms with Gasteiger partial charge < -0.3 is 9.80 Å². The smallest absolute Gasteiger partial charge is 0.0645 e. The van der Waals surface area contributed by atoms with Crippen LogP contribution in [0.4, 0.5) is 34.1 Å². The summed E-state index contributed by atoms with van der Waals surface area (Å²) in [6.45, 7) is 0. The molecule has 0 atom stereocenters. The Morgan fingerprint density at radius 1 is 0.260 bits per heavy atom. The molecule has 0 radical (unpaired) electrons. The summed E-state index contributed by atoms with van der Waals surface area (Å²) in [6.07, 6.45) is 0. The van der Waals surface area contributed by atoms with E-state index >= 15 is 0 Å². The topological polar surface area (TPSA) is 6.48 Å². The van der Waals surface area contributed by atoms with Crippen molar-refractivity contribution in [3.63, 3.8) is 0 Å². The van der Waals surface area contributed by atoms with Crippen molar-refractivity contribution in [1.29, 1.82) is 0 Å². The maximum absolute atomic E-state index is 9.36. The van der Waals surface area contributed by atoms with Crippen LogP contribution in [0.15, 0.2) is 218 Å². The molecule has 0 bridgehead atoms. The summed E-state index contributed by atoms with van der Waals surface area (Å²) >= 11 is 0. The van der Waals surface area contributed by atoms with E-state index in [0.717, 1.165) is 11.1 Å². The van der Waals surface area contributed by atoms with E-state index in [9.17, 15) is 5.48 Å². The van der Waals surface area contributed by atoms with Crippen molar-refractivity contribution in [2.45, 2.75) is 0 Å². The maximum atomic E-state index is 9.36.